The Morgan fingerprint density at radius 3 is 2.52 bits per heavy atom. The summed E-state index contributed by atoms with van der Waals surface area (Å²) in [7, 11) is 0. The quantitative estimate of drug-likeness (QED) is 0.420. The van der Waals surface area contributed by atoms with Crippen LogP contribution >= 0.6 is 0 Å². The predicted molar refractivity (Wildman–Crippen MR) is 120 cm³/mol. The van der Waals surface area contributed by atoms with Gasteiger partial charge >= 0.3 is 0 Å². The third-order valence-corrected chi connectivity index (χ3v) is 5.52. The Morgan fingerprint density at radius 2 is 1.74 bits per heavy atom. The number of phenols is 2. The Bertz CT molecular complexity index is 1350. The van der Waals surface area contributed by atoms with E-state index in [0.717, 1.165) is 46.8 Å². The highest BCUT2D eigenvalue weighted by atomic mass is 16.5. The number of rotatable bonds is 4. The van der Waals surface area contributed by atoms with Crippen molar-refractivity contribution in [2.45, 2.75) is 19.9 Å². The van der Waals surface area contributed by atoms with Crippen LogP contribution in [0.4, 0.5) is 0 Å². The van der Waals surface area contributed by atoms with Gasteiger partial charge in [0, 0.05) is 35.1 Å². The van der Waals surface area contributed by atoms with Crippen LogP contribution in [0.5, 0.6) is 17.2 Å². The number of benzene rings is 3. The van der Waals surface area contributed by atoms with E-state index >= 15 is 0 Å². The summed E-state index contributed by atoms with van der Waals surface area (Å²) in [6.07, 6.45) is 2.71. The molecular formula is C26H21NO4. The molecule has 1 aliphatic rings. The van der Waals surface area contributed by atoms with Gasteiger partial charge in [0.2, 0.25) is 5.78 Å². The van der Waals surface area contributed by atoms with Crippen molar-refractivity contribution in [2.24, 2.45) is 0 Å². The molecule has 2 N–H and O–H groups in total. The zero-order valence-corrected chi connectivity index (χ0v) is 17.0. The molecule has 4 aromatic rings. The number of aromatic hydroxyl groups is 2. The standard InChI is InChI=1S/C26H21NO4/c1-2-12-27-20-11-7-6-10-18(20)19(25(27)16-8-4-3-5-9-16)15-23-26(30)24-21(29)13-17(28)14-22(24)31-23/h3-11,13-15,28-29H,2,12H2,1H3/b23-15-. The molecule has 1 aliphatic heterocycles. The molecule has 0 bridgehead atoms. The van der Waals surface area contributed by atoms with Gasteiger partial charge in [0.25, 0.3) is 0 Å². The van der Waals surface area contributed by atoms with Crippen molar-refractivity contribution in [3.8, 4) is 28.5 Å². The van der Waals surface area contributed by atoms with Crippen LogP contribution in [0.2, 0.25) is 0 Å². The van der Waals surface area contributed by atoms with E-state index in [1.54, 1.807) is 6.08 Å². The number of carbonyl (C=O) groups excluding carboxylic acids is 1. The molecule has 0 aliphatic carbocycles. The zero-order chi connectivity index (χ0) is 21.5. The number of aromatic nitrogens is 1. The van der Waals surface area contributed by atoms with Crippen molar-refractivity contribution in [1.82, 2.24) is 4.57 Å². The summed E-state index contributed by atoms with van der Waals surface area (Å²) in [4.78, 5) is 13.0. The molecule has 3 aromatic carbocycles. The number of carbonyl (C=O) groups is 1. The molecule has 5 nitrogen and oxygen atoms in total. The first-order valence-electron chi connectivity index (χ1n) is 10.3. The topological polar surface area (TPSA) is 71.7 Å². The SMILES string of the molecule is CCCn1c(-c2ccccc2)c(/C=C2\Oc3cc(O)cc(O)c3C2=O)c2ccccc21. The maximum atomic E-state index is 13.0. The van der Waals surface area contributed by atoms with E-state index in [2.05, 4.69) is 29.7 Å². The van der Waals surface area contributed by atoms with Gasteiger partial charge in [-0.05, 0) is 24.1 Å². The normalized spacial score (nSPS) is 14.2. The Morgan fingerprint density at radius 1 is 1.00 bits per heavy atom. The number of nitrogens with zero attached hydrogens (tertiary/aromatic N) is 1. The zero-order valence-electron chi connectivity index (χ0n) is 17.0. The minimum absolute atomic E-state index is 0.0719. The molecule has 1 aromatic heterocycles. The molecule has 0 spiro atoms. The van der Waals surface area contributed by atoms with E-state index < -0.39 is 5.78 Å². The smallest absolute Gasteiger partial charge is 0.235 e. The molecule has 0 saturated heterocycles. The first-order chi connectivity index (χ1) is 15.1. The van der Waals surface area contributed by atoms with E-state index in [1.807, 2.05) is 36.4 Å². The lowest BCUT2D eigenvalue weighted by Crippen LogP contribution is -2.01. The van der Waals surface area contributed by atoms with Crippen LogP contribution in [0.1, 0.15) is 29.3 Å². The maximum Gasteiger partial charge on any atom is 0.235 e. The van der Waals surface area contributed by atoms with Crippen molar-refractivity contribution in [3.63, 3.8) is 0 Å². The fourth-order valence-electron chi connectivity index (χ4n) is 4.25. The lowest BCUT2D eigenvalue weighted by Gasteiger charge is -2.11. The van der Waals surface area contributed by atoms with Crippen molar-refractivity contribution in [1.29, 1.82) is 0 Å². The predicted octanol–water partition coefficient (Wildman–Crippen LogP) is 5.75. The van der Waals surface area contributed by atoms with Gasteiger partial charge in [0.1, 0.15) is 22.8 Å². The Labute approximate surface area is 179 Å². The lowest BCUT2D eigenvalue weighted by molar-refractivity contribution is 0.101. The summed E-state index contributed by atoms with van der Waals surface area (Å²) in [6.45, 7) is 2.97. The number of ether oxygens (including phenoxy) is 1. The van der Waals surface area contributed by atoms with E-state index in [-0.39, 0.29) is 28.6 Å². The van der Waals surface area contributed by atoms with Gasteiger partial charge in [-0.3, -0.25) is 4.79 Å². The maximum absolute atomic E-state index is 13.0. The highest BCUT2D eigenvalue weighted by molar-refractivity contribution is 6.17. The van der Waals surface area contributed by atoms with Crippen molar-refractivity contribution in [3.05, 3.63) is 83.6 Å². The minimum atomic E-state index is -0.404. The molecule has 0 amide bonds. The first-order valence-corrected chi connectivity index (χ1v) is 10.3. The monoisotopic (exact) mass is 411 g/mol. The number of ketones is 1. The van der Waals surface area contributed by atoms with Crippen LogP contribution in [0.15, 0.2) is 72.5 Å². The molecule has 0 radical (unpaired) electrons. The number of phenolic OH excluding ortho intramolecular Hbond substituents is 2. The van der Waals surface area contributed by atoms with Gasteiger partial charge in [0.05, 0.1) is 5.69 Å². The molecule has 2 heterocycles. The van der Waals surface area contributed by atoms with Gasteiger partial charge in [-0.2, -0.15) is 0 Å². The molecule has 5 rings (SSSR count). The number of Topliss-reactive ketones (excluding diaryl/α,β-unsaturated/α-hetero) is 1. The van der Waals surface area contributed by atoms with Crippen LogP contribution in [-0.2, 0) is 6.54 Å². The Kier molecular flexibility index (Phi) is 4.51. The van der Waals surface area contributed by atoms with E-state index in [1.165, 1.54) is 6.07 Å². The first kappa shape index (κ1) is 19.0. The number of hydrogen-bond acceptors (Lipinski definition) is 4. The number of aryl methyl sites for hydroxylation is 1. The fraction of sp³-hybridized carbons (Fsp3) is 0.115. The van der Waals surface area contributed by atoms with Gasteiger partial charge in [-0.1, -0.05) is 55.5 Å². The molecule has 0 atom stereocenters. The Balaban J connectivity index is 1.76. The molecule has 154 valence electrons. The van der Waals surface area contributed by atoms with Crippen molar-refractivity contribution >= 4 is 22.8 Å². The van der Waals surface area contributed by atoms with E-state index in [9.17, 15) is 15.0 Å². The van der Waals surface area contributed by atoms with Gasteiger partial charge < -0.3 is 19.5 Å². The van der Waals surface area contributed by atoms with Gasteiger partial charge in [-0.25, -0.2) is 0 Å². The molecule has 0 saturated carbocycles. The summed E-state index contributed by atoms with van der Waals surface area (Å²) in [6, 6.07) is 20.7. The van der Waals surface area contributed by atoms with Crippen LogP contribution in [0, 0.1) is 0 Å². The molecule has 31 heavy (non-hydrogen) atoms. The third kappa shape index (κ3) is 3.06. The largest absolute Gasteiger partial charge is 0.508 e. The minimum Gasteiger partial charge on any atom is -0.508 e. The van der Waals surface area contributed by atoms with Gasteiger partial charge in [0.15, 0.2) is 5.76 Å². The number of hydrogen-bond donors (Lipinski definition) is 2. The second-order valence-electron chi connectivity index (χ2n) is 7.57. The average Bonchev–Trinajstić information content (AvgIpc) is 3.24. The lowest BCUT2D eigenvalue weighted by atomic mass is 10.0. The van der Waals surface area contributed by atoms with E-state index in [4.69, 9.17) is 4.74 Å². The van der Waals surface area contributed by atoms with Crippen LogP contribution in [0.25, 0.3) is 28.2 Å². The molecule has 5 heteroatoms. The molecular weight excluding hydrogens is 390 g/mol. The second-order valence-corrected chi connectivity index (χ2v) is 7.57. The third-order valence-electron chi connectivity index (χ3n) is 5.52. The molecule has 0 unspecified atom stereocenters. The van der Waals surface area contributed by atoms with E-state index in [0.29, 0.717) is 0 Å². The van der Waals surface area contributed by atoms with Crippen molar-refractivity contribution < 1.29 is 19.7 Å². The second kappa shape index (κ2) is 7.36. The molecule has 0 fully saturated rings. The highest BCUT2D eigenvalue weighted by Gasteiger charge is 2.32. The average molecular weight is 411 g/mol. The number of para-hydroxylation sites is 1. The van der Waals surface area contributed by atoms with Crippen molar-refractivity contribution in [2.75, 3.05) is 0 Å². The summed E-state index contributed by atoms with van der Waals surface area (Å²) in [5.74, 6) is -0.575. The number of allylic oxidation sites excluding steroid dienone is 1. The van der Waals surface area contributed by atoms with Crippen LogP contribution in [0.3, 0.4) is 0 Å². The summed E-state index contributed by atoms with van der Waals surface area (Å²) >= 11 is 0. The fourth-order valence-corrected chi connectivity index (χ4v) is 4.25. The van der Waals surface area contributed by atoms with Crippen LogP contribution in [-0.4, -0.2) is 20.6 Å². The highest BCUT2D eigenvalue weighted by Crippen LogP contribution is 2.42. The summed E-state index contributed by atoms with van der Waals surface area (Å²) in [5, 5.41) is 20.9. The summed E-state index contributed by atoms with van der Waals surface area (Å²) < 4.78 is 8.05. The Hall–Kier alpha value is -3.99. The number of fused-ring (bicyclic) bond motifs is 2. The summed E-state index contributed by atoms with van der Waals surface area (Å²) in [5.41, 5.74) is 4.09. The van der Waals surface area contributed by atoms with Crippen LogP contribution < -0.4 is 4.74 Å². The van der Waals surface area contributed by atoms with Gasteiger partial charge in [-0.15, -0.1) is 0 Å².